The summed E-state index contributed by atoms with van der Waals surface area (Å²) >= 11 is 0. The van der Waals surface area contributed by atoms with Gasteiger partial charge in [0.15, 0.2) is 0 Å². The standard InChI is InChI=1S/C14H20O3S/c1-4-5-8-17-14(15)10-18(16)13-7-6-11(2)12(3)9-13/h6-7,9H,4-5,8,10H2,1-3H3. The van der Waals surface area contributed by atoms with Crippen LogP contribution in [-0.2, 0) is 20.3 Å². The van der Waals surface area contributed by atoms with E-state index in [1.54, 1.807) is 6.07 Å². The molecule has 1 atom stereocenters. The van der Waals surface area contributed by atoms with Gasteiger partial charge in [0, 0.05) is 4.90 Å². The van der Waals surface area contributed by atoms with Gasteiger partial charge in [-0.2, -0.15) is 0 Å². The van der Waals surface area contributed by atoms with Gasteiger partial charge in [-0.15, -0.1) is 0 Å². The van der Waals surface area contributed by atoms with Gasteiger partial charge in [0.1, 0.15) is 5.75 Å². The summed E-state index contributed by atoms with van der Waals surface area (Å²) in [5.74, 6) is -0.452. The third-order valence-electron chi connectivity index (χ3n) is 2.75. The van der Waals surface area contributed by atoms with Gasteiger partial charge in [-0.25, -0.2) is 0 Å². The van der Waals surface area contributed by atoms with Crippen LogP contribution in [0.1, 0.15) is 30.9 Å². The molecular weight excluding hydrogens is 248 g/mol. The van der Waals surface area contributed by atoms with Gasteiger partial charge in [-0.3, -0.25) is 9.00 Å². The molecule has 100 valence electrons. The summed E-state index contributed by atoms with van der Waals surface area (Å²) in [4.78, 5) is 12.1. The van der Waals surface area contributed by atoms with Gasteiger partial charge in [-0.1, -0.05) is 19.4 Å². The highest BCUT2D eigenvalue weighted by Gasteiger charge is 2.11. The molecule has 0 radical (unpaired) electrons. The quantitative estimate of drug-likeness (QED) is 0.588. The predicted octanol–water partition coefficient (Wildman–Crippen LogP) is 2.75. The number of esters is 1. The Balaban J connectivity index is 2.54. The molecule has 0 amide bonds. The average Bonchev–Trinajstić information content (AvgIpc) is 2.33. The average molecular weight is 268 g/mol. The van der Waals surface area contributed by atoms with E-state index in [-0.39, 0.29) is 11.7 Å². The first kappa shape index (κ1) is 14.9. The molecule has 1 rings (SSSR count). The Morgan fingerprint density at radius 3 is 2.61 bits per heavy atom. The summed E-state index contributed by atoms with van der Waals surface area (Å²) in [5.41, 5.74) is 2.24. The van der Waals surface area contributed by atoms with Gasteiger partial charge in [0.25, 0.3) is 0 Å². The lowest BCUT2D eigenvalue weighted by molar-refractivity contribution is -0.140. The molecule has 0 heterocycles. The van der Waals surface area contributed by atoms with Crippen molar-refractivity contribution >= 4 is 16.8 Å². The number of ether oxygens (including phenoxy) is 1. The third kappa shape index (κ3) is 4.61. The minimum atomic E-state index is -1.31. The molecule has 1 unspecified atom stereocenters. The summed E-state index contributed by atoms with van der Waals surface area (Å²) in [6.07, 6.45) is 1.83. The number of carbonyl (C=O) groups is 1. The monoisotopic (exact) mass is 268 g/mol. The van der Waals surface area contributed by atoms with E-state index >= 15 is 0 Å². The number of unbranched alkanes of at least 4 members (excludes halogenated alkanes) is 1. The van der Waals surface area contributed by atoms with Crippen LogP contribution in [0.3, 0.4) is 0 Å². The topological polar surface area (TPSA) is 43.4 Å². The fourth-order valence-electron chi connectivity index (χ4n) is 1.42. The number of hydrogen-bond acceptors (Lipinski definition) is 3. The van der Waals surface area contributed by atoms with Gasteiger partial charge >= 0.3 is 5.97 Å². The van der Waals surface area contributed by atoms with E-state index < -0.39 is 10.8 Å². The predicted molar refractivity (Wildman–Crippen MR) is 73.1 cm³/mol. The molecular formula is C14H20O3S. The lowest BCUT2D eigenvalue weighted by Crippen LogP contribution is -2.15. The zero-order chi connectivity index (χ0) is 13.5. The molecule has 3 nitrogen and oxygen atoms in total. The second-order valence-electron chi connectivity index (χ2n) is 4.31. The number of carbonyl (C=O) groups excluding carboxylic acids is 1. The highest BCUT2D eigenvalue weighted by atomic mass is 32.2. The number of rotatable bonds is 6. The van der Waals surface area contributed by atoms with Crippen LogP contribution >= 0.6 is 0 Å². The molecule has 1 aromatic rings. The largest absolute Gasteiger partial charge is 0.465 e. The molecule has 0 fully saturated rings. The Labute approximate surface area is 111 Å². The Morgan fingerprint density at radius 1 is 1.28 bits per heavy atom. The van der Waals surface area contributed by atoms with Gasteiger partial charge < -0.3 is 4.74 Å². The van der Waals surface area contributed by atoms with Crippen molar-refractivity contribution in [3.63, 3.8) is 0 Å². The number of benzene rings is 1. The highest BCUT2D eigenvalue weighted by molar-refractivity contribution is 7.85. The fraction of sp³-hybridized carbons (Fsp3) is 0.500. The summed E-state index contributed by atoms with van der Waals surface area (Å²) in [6, 6.07) is 5.59. The van der Waals surface area contributed by atoms with Crippen LogP contribution in [0.15, 0.2) is 23.1 Å². The van der Waals surface area contributed by atoms with Crippen molar-refractivity contribution in [2.24, 2.45) is 0 Å². The zero-order valence-electron chi connectivity index (χ0n) is 11.2. The van der Waals surface area contributed by atoms with E-state index in [0.717, 1.165) is 24.0 Å². The van der Waals surface area contributed by atoms with Crippen LogP contribution in [0.2, 0.25) is 0 Å². The lowest BCUT2D eigenvalue weighted by atomic mass is 10.1. The van der Waals surface area contributed by atoms with Crippen molar-refractivity contribution in [3.8, 4) is 0 Å². The molecule has 1 aromatic carbocycles. The maximum atomic E-state index is 12.0. The number of aryl methyl sites for hydroxylation is 2. The molecule has 0 saturated carbocycles. The van der Waals surface area contributed by atoms with Crippen molar-refractivity contribution in [2.75, 3.05) is 12.4 Å². The molecule has 0 aliphatic carbocycles. The Morgan fingerprint density at radius 2 is 2.00 bits per heavy atom. The minimum absolute atomic E-state index is 0.0633. The lowest BCUT2D eigenvalue weighted by Gasteiger charge is -2.06. The molecule has 0 aliphatic rings. The van der Waals surface area contributed by atoms with Crippen LogP contribution in [0.25, 0.3) is 0 Å². The van der Waals surface area contributed by atoms with E-state index in [4.69, 9.17) is 4.74 Å². The maximum absolute atomic E-state index is 12.0. The summed E-state index contributed by atoms with van der Waals surface area (Å²) in [7, 11) is -1.31. The van der Waals surface area contributed by atoms with Crippen molar-refractivity contribution in [3.05, 3.63) is 29.3 Å². The maximum Gasteiger partial charge on any atom is 0.318 e. The van der Waals surface area contributed by atoms with Gasteiger partial charge in [-0.05, 0) is 43.5 Å². The summed E-state index contributed by atoms with van der Waals surface area (Å²) in [5, 5.41) is 0. The molecule has 0 aromatic heterocycles. The van der Waals surface area contributed by atoms with Crippen molar-refractivity contribution < 1.29 is 13.7 Å². The fourth-order valence-corrected chi connectivity index (χ4v) is 2.41. The van der Waals surface area contributed by atoms with Crippen molar-refractivity contribution in [1.29, 1.82) is 0 Å². The van der Waals surface area contributed by atoms with Crippen LogP contribution < -0.4 is 0 Å². The SMILES string of the molecule is CCCCOC(=O)CS(=O)c1ccc(C)c(C)c1. The number of hydrogen-bond donors (Lipinski definition) is 0. The van der Waals surface area contributed by atoms with Crippen LogP contribution in [0.5, 0.6) is 0 Å². The third-order valence-corrected chi connectivity index (χ3v) is 4.03. The summed E-state index contributed by atoms with van der Waals surface area (Å²) in [6.45, 7) is 6.41. The molecule has 0 bridgehead atoms. The molecule has 0 spiro atoms. The van der Waals surface area contributed by atoms with Gasteiger partial charge in [0.2, 0.25) is 0 Å². The summed E-state index contributed by atoms with van der Waals surface area (Å²) < 4.78 is 17.0. The van der Waals surface area contributed by atoms with Crippen LogP contribution in [0, 0.1) is 13.8 Å². The Hall–Kier alpha value is -1.16. The Bertz CT molecular complexity index is 441. The first-order chi connectivity index (χ1) is 8.54. The van der Waals surface area contributed by atoms with Crippen molar-refractivity contribution in [1.82, 2.24) is 0 Å². The molecule has 18 heavy (non-hydrogen) atoms. The van der Waals surface area contributed by atoms with Crippen LogP contribution in [-0.4, -0.2) is 22.5 Å². The van der Waals surface area contributed by atoms with Crippen molar-refractivity contribution in [2.45, 2.75) is 38.5 Å². The molecule has 0 aliphatic heterocycles. The van der Waals surface area contributed by atoms with E-state index in [1.165, 1.54) is 0 Å². The Kier molecular flexibility index (Phi) is 6.05. The van der Waals surface area contributed by atoms with E-state index in [1.807, 2.05) is 32.9 Å². The second-order valence-corrected chi connectivity index (χ2v) is 5.76. The molecule has 0 saturated heterocycles. The second kappa shape index (κ2) is 7.31. The molecule has 0 N–H and O–H groups in total. The van der Waals surface area contributed by atoms with E-state index in [2.05, 4.69) is 0 Å². The van der Waals surface area contributed by atoms with E-state index in [0.29, 0.717) is 11.5 Å². The first-order valence-electron chi connectivity index (χ1n) is 6.16. The first-order valence-corrected chi connectivity index (χ1v) is 7.47. The van der Waals surface area contributed by atoms with Gasteiger partial charge in [0.05, 0.1) is 17.4 Å². The smallest absolute Gasteiger partial charge is 0.318 e. The van der Waals surface area contributed by atoms with E-state index in [9.17, 15) is 9.00 Å². The minimum Gasteiger partial charge on any atom is -0.465 e. The normalized spacial score (nSPS) is 12.2. The highest BCUT2D eigenvalue weighted by Crippen LogP contribution is 2.13. The zero-order valence-corrected chi connectivity index (χ0v) is 12.0. The molecule has 4 heteroatoms. The van der Waals surface area contributed by atoms with Crippen LogP contribution in [0.4, 0.5) is 0 Å².